The number of para-hydroxylation sites is 2. The predicted molar refractivity (Wildman–Crippen MR) is 109 cm³/mol. The van der Waals surface area contributed by atoms with Gasteiger partial charge in [0, 0.05) is 12.5 Å². The Hall–Kier alpha value is -3.87. The van der Waals surface area contributed by atoms with E-state index < -0.39 is 10.8 Å². The lowest BCUT2D eigenvalue weighted by Crippen LogP contribution is -2.20. The summed E-state index contributed by atoms with van der Waals surface area (Å²) in [5.74, 6) is 0.421. The molecule has 0 aromatic heterocycles. The molecule has 148 valence electrons. The molecule has 0 aliphatic heterocycles. The van der Waals surface area contributed by atoms with Crippen LogP contribution < -0.4 is 14.8 Å². The maximum Gasteiger partial charge on any atom is 0.273 e. The monoisotopic (exact) mass is 392 g/mol. The molecule has 3 rings (SSSR count). The second-order valence-corrected chi connectivity index (χ2v) is 6.17. The Morgan fingerprint density at radius 3 is 2.48 bits per heavy atom. The predicted octanol–water partition coefficient (Wildman–Crippen LogP) is 4.23. The summed E-state index contributed by atoms with van der Waals surface area (Å²) in [7, 11) is 0. The fourth-order valence-corrected chi connectivity index (χ4v) is 2.64. The van der Waals surface area contributed by atoms with Gasteiger partial charge in [-0.25, -0.2) is 0 Å². The van der Waals surface area contributed by atoms with Crippen LogP contribution in [0, 0.1) is 10.1 Å². The van der Waals surface area contributed by atoms with Crippen LogP contribution in [0.25, 0.3) is 0 Å². The standard InChI is InChI=1S/C22H20N2O5/c25-22(16-29-19-10-6-9-18(15-19)24(26)27)23-20-11-4-5-12-21(20)28-14-13-17-7-2-1-3-8-17/h1-12,15H,13-14,16H2,(H,23,25). The van der Waals surface area contributed by atoms with E-state index >= 15 is 0 Å². The molecule has 0 heterocycles. The smallest absolute Gasteiger partial charge is 0.273 e. The molecule has 1 amide bonds. The van der Waals surface area contributed by atoms with E-state index in [1.807, 2.05) is 36.4 Å². The van der Waals surface area contributed by atoms with Crippen LogP contribution in [0.2, 0.25) is 0 Å². The summed E-state index contributed by atoms with van der Waals surface area (Å²) in [4.78, 5) is 22.5. The van der Waals surface area contributed by atoms with Crippen LogP contribution in [0.15, 0.2) is 78.9 Å². The highest BCUT2D eigenvalue weighted by molar-refractivity contribution is 5.93. The Kier molecular flexibility index (Phi) is 6.78. The number of nitrogens with one attached hydrogen (secondary N) is 1. The third kappa shape index (κ3) is 6.07. The molecule has 0 spiro atoms. The molecule has 0 radical (unpaired) electrons. The lowest BCUT2D eigenvalue weighted by molar-refractivity contribution is -0.384. The van der Waals surface area contributed by atoms with Crippen molar-refractivity contribution in [3.63, 3.8) is 0 Å². The van der Waals surface area contributed by atoms with Crippen molar-refractivity contribution in [2.24, 2.45) is 0 Å². The van der Waals surface area contributed by atoms with E-state index in [0.29, 0.717) is 18.0 Å². The van der Waals surface area contributed by atoms with Gasteiger partial charge in [0.25, 0.3) is 11.6 Å². The number of carbonyl (C=O) groups excluding carboxylic acids is 1. The van der Waals surface area contributed by atoms with Crippen molar-refractivity contribution in [1.29, 1.82) is 0 Å². The summed E-state index contributed by atoms with van der Waals surface area (Å²) in [6.45, 7) is 0.195. The highest BCUT2D eigenvalue weighted by Crippen LogP contribution is 2.24. The average Bonchev–Trinajstić information content (AvgIpc) is 2.74. The van der Waals surface area contributed by atoms with E-state index in [2.05, 4.69) is 5.32 Å². The highest BCUT2D eigenvalue weighted by Gasteiger charge is 2.10. The van der Waals surface area contributed by atoms with Gasteiger partial charge in [-0.1, -0.05) is 48.5 Å². The van der Waals surface area contributed by atoms with Crippen LogP contribution >= 0.6 is 0 Å². The lowest BCUT2D eigenvalue weighted by atomic mass is 10.2. The number of non-ortho nitro benzene ring substituents is 1. The zero-order chi connectivity index (χ0) is 20.5. The number of hydrogen-bond donors (Lipinski definition) is 1. The number of hydrogen-bond acceptors (Lipinski definition) is 5. The summed E-state index contributed by atoms with van der Waals surface area (Å²) >= 11 is 0. The second-order valence-electron chi connectivity index (χ2n) is 6.17. The molecule has 0 aliphatic rings. The van der Waals surface area contributed by atoms with Crippen molar-refractivity contribution in [1.82, 2.24) is 0 Å². The molecule has 29 heavy (non-hydrogen) atoms. The Morgan fingerprint density at radius 2 is 1.69 bits per heavy atom. The molecule has 7 heteroatoms. The summed E-state index contributed by atoms with van der Waals surface area (Å²) in [5, 5.41) is 13.5. The molecule has 7 nitrogen and oxygen atoms in total. The lowest BCUT2D eigenvalue weighted by Gasteiger charge is -2.13. The number of carbonyl (C=O) groups is 1. The maximum absolute atomic E-state index is 12.2. The van der Waals surface area contributed by atoms with Crippen molar-refractivity contribution < 1.29 is 19.2 Å². The zero-order valence-electron chi connectivity index (χ0n) is 15.6. The zero-order valence-corrected chi connectivity index (χ0v) is 15.6. The molecule has 3 aromatic rings. The number of ether oxygens (including phenoxy) is 2. The van der Waals surface area contributed by atoms with Gasteiger partial charge in [0.05, 0.1) is 23.3 Å². The summed E-state index contributed by atoms with van der Waals surface area (Å²) in [6, 6.07) is 22.8. The number of benzene rings is 3. The van der Waals surface area contributed by atoms with Crippen LogP contribution in [0.3, 0.4) is 0 Å². The number of nitro groups is 1. The molecule has 0 aliphatic carbocycles. The highest BCUT2D eigenvalue weighted by atomic mass is 16.6. The van der Waals surface area contributed by atoms with Crippen molar-refractivity contribution in [3.8, 4) is 11.5 Å². The largest absolute Gasteiger partial charge is 0.491 e. The van der Waals surface area contributed by atoms with Gasteiger partial charge in [0.2, 0.25) is 0 Å². The van der Waals surface area contributed by atoms with Gasteiger partial charge in [0.15, 0.2) is 6.61 Å². The molecular formula is C22H20N2O5. The minimum Gasteiger partial charge on any atom is -0.491 e. The normalized spacial score (nSPS) is 10.2. The first-order valence-electron chi connectivity index (χ1n) is 9.04. The van der Waals surface area contributed by atoms with Gasteiger partial charge in [0.1, 0.15) is 11.5 Å². The molecular weight excluding hydrogens is 372 g/mol. The van der Waals surface area contributed by atoms with Crippen molar-refractivity contribution in [2.75, 3.05) is 18.5 Å². The Morgan fingerprint density at radius 1 is 0.931 bits per heavy atom. The number of rotatable bonds is 9. The van der Waals surface area contributed by atoms with E-state index in [9.17, 15) is 14.9 Å². The molecule has 0 saturated carbocycles. The average molecular weight is 392 g/mol. The first kappa shape index (κ1) is 19.9. The molecule has 0 unspecified atom stereocenters. The Balaban J connectivity index is 1.53. The van der Waals surface area contributed by atoms with Crippen molar-refractivity contribution in [3.05, 3.63) is 94.5 Å². The van der Waals surface area contributed by atoms with Crippen LogP contribution in [-0.2, 0) is 11.2 Å². The van der Waals surface area contributed by atoms with Gasteiger partial charge < -0.3 is 14.8 Å². The summed E-state index contributed by atoms with van der Waals surface area (Å²) in [6.07, 6.45) is 0.749. The van der Waals surface area contributed by atoms with Gasteiger partial charge in [-0.3, -0.25) is 14.9 Å². The van der Waals surface area contributed by atoms with Gasteiger partial charge in [-0.2, -0.15) is 0 Å². The molecule has 0 bridgehead atoms. The van der Waals surface area contributed by atoms with Crippen molar-refractivity contribution >= 4 is 17.3 Å². The number of nitrogens with zero attached hydrogens (tertiary/aromatic N) is 1. The van der Waals surface area contributed by atoms with E-state index in [-0.39, 0.29) is 18.0 Å². The fourth-order valence-electron chi connectivity index (χ4n) is 2.64. The van der Waals surface area contributed by atoms with E-state index in [4.69, 9.17) is 9.47 Å². The van der Waals surface area contributed by atoms with Crippen LogP contribution in [-0.4, -0.2) is 24.0 Å². The molecule has 0 saturated heterocycles. The fraction of sp³-hybridized carbons (Fsp3) is 0.136. The Labute approximate surface area is 168 Å². The van der Waals surface area contributed by atoms with Gasteiger partial charge in [-0.15, -0.1) is 0 Å². The summed E-state index contributed by atoms with van der Waals surface area (Å²) < 4.78 is 11.2. The minimum absolute atomic E-state index is 0.0972. The number of nitro benzene ring substituents is 1. The van der Waals surface area contributed by atoms with Crippen LogP contribution in [0.4, 0.5) is 11.4 Å². The van der Waals surface area contributed by atoms with E-state index in [1.54, 1.807) is 24.3 Å². The quantitative estimate of drug-likeness (QED) is 0.435. The van der Waals surface area contributed by atoms with Crippen LogP contribution in [0.1, 0.15) is 5.56 Å². The topological polar surface area (TPSA) is 90.7 Å². The number of amides is 1. The van der Waals surface area contributed by atoms with Crippen molar-refractivity contribution in [2.45, 2.75) is 6.42 Å². The molecule has 0 atom stereocenters. The third-order valence-electron chi connectivity index (χ3n) is 4.05. The summed E-state index contributed by atoms with van der Waals surface area (Å²) in [5.41, 5.74) is 1.60. The first-order chi connectivity index (χ1) is 14.1. The van der Waals surface area contributed by atoms with Gasteiger partial charge >= 0.3 is 0 Å². The Bertz CT molecular complexity index is 976. The maximum atomic E-state index is 12.2. The second kappa shape index (κ2) is 9.89. The molecule has 3 aromatic carbocycles. The first-order valence-corrected chi connectivity index (χ1v) is 9.04. The van der Waals surface area contributed by atoms with Gasteiger partial charge in [-0.05, 0) is 23.8 Å². The third-order valence-corrected chi connectivity index (χ3v) is 4.05. The van der Waals surface area contributed by atoms with Crippen LogP contribution in [0.5, 0.6) is 11.5 Å². The number of anilines is 1. The minimum atomic E-state index is -0.518. The van der Waals surface area contributed by atoms with E-state index in [0.717, 1.165) is 6.42 Å². The molecule has 0 fully saturated rings. The van der Waals surface area contributed by atoms with E-state index in [1.165, 1.54) is 23.8 Å². The SMILES string of the molecule is O=C(COc1cccc([N+](=O)[O-])c1)Nc1ccccc1OCCc1ccccc1. The molecule has 1 N–H and O–H groups in total.